The first-order chi connectivity index (χ1) is 10.8. The number of hydrogen-bond acceptors (Lipinski definition) is 6. The van der Waals surface area contributed by atoms with Gasteiger partial charge in [0.05, 0.1) is 5.69 Å². The molecule has 0 aliphatic carbocycles. The van der Waals surface area contributed by atoms with Crippen LogP contribution >= 0.6 is 36.2 Å². The second kappa shape index (κ2) is 10.3. The molecule has 1 aliphatic rings. The first-order valence-corrected chi connectivity index (χ1v) is 8.47. The van der Waals surface area contributed by atoms with Crippen molar-refractivity contribution in [3.05, 3.63) is 46.2 Å². The fourth-order valence-corrected chi connectivity index (χ4v) is 3.57. The molecule has 2 unspecified atom stereocenters. The monoisotopic (exact) mass is 390 g/mol. The predicted octanol–water partition coefficient (Wildman–Crippen LogP) is 3.24. The first-order valence-electron chi connectivity index (χ1n) is 7.59. The third-order valence-corrected chi connectivity index (χ3v) is 5.11. The highest BCUT2D eigenvalue weighted by atomic mass is 35.5. The molecule has 1 aliphatic heterocycles. The molecule has 5 nitrogen and oxygen atoms in total. The summed E-state index contributed by atoms with van der Waals surface area (Å²) in [7, 11) is 1.72. The Morgan fingerprint density at radius 3 is 3.00 bits per heavy atom. The maximum atomic E-state index is 5.35. The molecule has 2 aromatic heterocycles. The maximum absolute atomic E-state index is 5.35. The van der Waals surface area contributed by atoms with Crippen molar-refractivity contribution in [3.8, 4) is 0 Å². The fraction of sp³-hybridized carbons (Fsp3) is 0.500. The van der Waals surface area contributed by atoms with Gasteiger partial charge in [-0.1, -0.05) is 6.07 Å². The number of aromatic nitrogens is 2. The van der Waals surface area contributed by atoms with Crippen LogP contribution in [0.15, 0.2) is 29.9 Å². The van der Waals surface area contributed by atoms with Gasteiger partial charge in [0.2, 0.25) is 0 Å². The number of nitrogens with one attached hydrogen (secondary N) is 1. The molecule has 3 rings (SSSR count). The van der Waals surface area contributed by atoms with Gasteiger partial charge in [-0.3, -0.25) is 9.88 Å². The van der Waals surface area contributed by atoms with Gasteiger partial charge in [-0.15, -0.1) is 36.2 Å². The smallest absolute Gasteiger partial charge is 0.122 e. The van der Waals surface area contributed by atoms with Crippen LogP contribution in [0.25, 0.3) is 0 Å². The number of pyridine rings is 1. The molecule has 134 valence electrons. The summed E-state index contributed by atoms with van der Waals surface area (Å²) in [5.41, 5.74) is 2.38. The molecule has 2 atom stereocenters. The van der Waals surface area contributed by atoms with Crippen LogP contribution in [-0.4, -0.2) is 41.6 Å². The summed E-state index contributed by atoms with van der Waals surface area (Å²) in [5, 5.41) is 6.67. The number of piperazine rings is 1. The van der Waals surface area contributed by atoms with Crippen molar-refractivity contribution >= 4 is 36.2 Å². The SMILES string of the molecule is COC(C)c1nc(CN2CCNCC2c2cccnc2)cs1.Cl.Cl. The Morgan fingerprint density at radius 2 is 2.29 bits per heavy atom. The van der Waals surface area contributed by atoms with Gasteiger partial charge in [0.15, 0.2) is 0 Å². The van der Waals surface area contributed by atoms with Gasteiger partial charge in [0, 0.05) is 57.1 Å². The van der Waals surface area contributed by atoms with Gasteiger partial charge in [-0.25, -0.2) is 4.98 Å². The zero-order valence-corrected chi connectivity index (χ0v) is 16.3. The zero-order valence-electron chi connectivity index (χ0n) is 13.8. The number of halogens is 2. The van der Waals surface area contributed by atoms with Crippen LogP contribution in [0.4, 0.5) is 0 Å². The number of thiazole rings is 1. The molecular formula is C16H24Cl2N4OS. The highest BCUT2D eigenvalue weighted by molar-refractivity contribution is 7.09. The molecule has 2 aromatic rings. The summed E-state index contributed by atoms with van der Waals surface area (Å²) in [5.74, 6) is 0. The fourth-order valence-electron chi connectivity index (χ4n) is 2.73. The molecule has 1 saturated heterocycles. The Bertz CT molecular complexity index is 599. The lowest BCUT2D eigenvalue weighted by Crippen LogP contribution is -2.45. The number of nitrogens with zero attached hydrogens (tertiary/aromatic N) is 3. The summed E-state index contributed by atoms with van der Waals surface area (Å²) in [6.07, 6.45) is 3.85. The van der Waals surface area contributed by atoms with Gasteiger partial charge < -0.3 is 10.1 Å². The van der Waals surface area contributed by atoms with Crippen LogP contribution in [0, 0.1) is 0 Å². The molecule has 3 heterocycles. The van der Waals surface area contributed by atoms with Crippen LogP contribution in [0.3, 0.4) is 0 Å². The molecule has 0 radical (unpaired) electrons. The van der Waals surface area contributed by atoms with Gasteiger partial charge in [-0.05, 0) is 18.6 Å². The van der Waals surface area contributed by atoms with E-state index in [-0.39, 0.29) is 30.9 Å². The molecule has 1 N–H and O–H groups in total. The van der Waals surface area contributed by atoms with Gasteiger partial charge in [0.25, 0.3) is 0 Å². The van der Waals surface area contributed by atoms with E-state index >= 15 is 0 Å². The number of methoxy groups -OCH3 is 1. The normalized spacial score (nSPS) is 19.2. The summed E-state index contributed by atoms with van der Waals surface area (Å²) < 4.78 is 5.35. The molecule has 24 heavy (non-hydrogen) atoms. The summed E-state index contributed by atoms with van der Waals surface area (Å²) >= 11 is 1.68. The van der Waals surface area contributed by atoms with Crippen LogP contribution < -0.4 is 5.32 Å². The quantitative estimate of drug-likeness (QED) is 0.848. The lowest BCUT2D eigenvalue weighted by molar-refractivity contribution is 0.118. The lowest BCUT2D eigenvalue weighted by Gasteiger charge is -2.35. The predicted molar refractivity (Wildman–Crippen MR) is 102 cm³/mol. The van der Waals surface area contributed by atoms with Gasteiger partial charge in [-0.2, -0.15) is 0 Å². The number of rotatable bonds is 5. The highest BCUT2D eigenvalue weighted by Crippen LogP contribution is 2.26. The summed E-state index contributed by atoms with van der Waals surface area (Å²) in [6, 6.07) is 4.51. The first kappa shape index (κ1) is 21.3. The van der Waals surface area contributed by atoms with E-state index in [1.165, 1.54) is 5.56 Å². The van der Waals surface area contributed by atoms with E-state index in [0.717, 1.165) is 36.9 Å². The Labute approximate surface area is 159 Å². The van der Waals surface area contributed by atoms with Crippen molar-refractivity contribution in [2.75, 3.05) is 26.7 Å². The van der Waals surface area contributed by atoms with E-state index < -0.39 is 0 Å². The maximum Gasteiger partial charge on any atom is 0.122 e. The Hall–Kier alpha value is -0.760. The number of hydrogen-bond donors (Lipinski definition) is 1. The summed E-state index contributed by atoms with van der Waals surface area (Å²) in [4.78, 5) is 11.5. The van der Waals surface area contributed by atoms with Crippen LogP contribution in [-0.2, 0) is 11.3 Å². The Kier molecular flexibility index (Phi) is 9.12. The average molecular weight is 391 g/mol. The summed E-state index contributed by atoms with van der Waals surface area (Å²) in [6.45, 7) is 5.89. The molecule has 1 fully saturated rings. The molecule has 0 amide bonds. The topological polar surface area (TPSA) is 50.3 Å². The van der Waals surface area contributed by atoms with E-state index in [2.05, 4.69) is 26.6 Å². The minimum absolute atomic E-state index is 0. The average Bonchev–Trinajstić information content (AvgIpc) is 3.04. The Morgan fingerprint density at radius 1 is 1.46 bits per heavy atom. The minimum Gasteiger partial charge on any atom is -0.375 e. The molecule has 8 heteroatoms. The number of ether oxygens (including phenoxy) is 1. The van der Waals surface area contributed by atoms with Crippen molar-refractivity contribution < 1.29 is 4.74 Å². The van der Waals surface area contributed by atoms with E-state index in [0.29, 0.717) is 6.04 Å². The lowest BCUT2D eigenvalue weighted by atomic mass is 10.1. The molecule has 0 bridgehead atoms. The van der Waals surface area contributed by atoms with Crippen molar-refractivity contribution in [2.45, 2.75) is 25.6 Å². The van der Waals surface area contributed by atoms with Crippen molar-refractivity contribution in [2.24, 2.45) is 0 Å². The molecule has 0 saturated carbocycles. The van der Waals surface area contributed by atoms with Crippen LogP contribution in [0.2, 0.25) is 0 Å². The third kappa shape index (κ3) is 5.12. The largest absolute Gasteiger partial charge is 0.375 e. The van der Waals surface area contributed by atoms with Gasteiger partial charge >= 0.3 is 0 Å². The van der Waals surface area contributed by atoms with Crippen LogP contribution in [0.1, 0.15) is 35.3 Å². The molecular weight excluding hydrogens is 367 g/mol. The molecule has 0 spiro atoms. The van der Waals surface area contributed by atoms with Gasteiger partial charge in [0.1, 0.15) is 11.1 Å². The zero-order chi connectivity index (χ0) is 15.4. The van der Waals surface area contributed by atoms with Crippen molar-refractivity contribution in [1.82, 2.24) is 20.2 Å². The van der Waals surface area contributed by atoms with E-state index in [1.807, 2.05) is 25.4 Å². The third-order valence-electron chi connectivity index (χ3n) is 4.06. The van der Waals surface area contributed by atoms with E-state index in [9.17, 15) is 0 Å². The minimum atomic E-state index is 0. The van der Waals surface area contributed by atoms with Crippen molar-refractivity contribution in [1.29, 1.82) is 0 Å². The van der Waals surface area contributed by atoms with E-state index in [1.54, 1.807) is 18.4 Å². The van der Waals surface area contributed by atoms with E-state index in [4.69, 9.17) is 9.72 Å². The second-order valence-corrected chi connectivity index (χ2v) is 6.42. The second-order valence-electron chi connectivity index (χ2n) is 5.53. The standard InChI is InChI=1S/C16H22N4OS.2ClH/c1-12(21-2)16-19-14(11-22-16)10-20-7-6-18-9-15(20)13-4-3-5-17-8-13;;/h3-5,8,11-12,15,18H,6-7,9-10H2,1-2H3;2*1H. The highest BCUT2D eigenvalue weighted by Gasteiger charge is 2.24. The van der Waals surface area contributed by atoms with Crippen molar-refractivity contribution in [3.63, 3.8) is 0 Å². The Balaban J connectivity index is 0.00000144. The molecule has 0 aromatic carbocycles. The van der Waals surface area contributed by atoms with Crippen LogP contribution in [0.5, 0.6) is 0 Å².